The zero-order chi connectivity index (χ0) is 12.8. The number of carbonyl (C=O) groups is 1. The standard InChI is InChI=1S/C13H18BrNOS/c1-10(6-7-17-3)15(2)13-5-4-11(9-16)8-12(13)14/h4-5,8-10H,6-7H2,1-3H3. The lowest BCUT2D eigenvalue weighted by Gasteiger charge is -2.28. The van der Waals surface area contributed by atoms with Gasteiger partial charge in [-0.05, 0) is 59.5 Å². The van der Waals surface area contributed by atoms with Crippen LogP contribution in [-0.2, 0) is 0 Å². The summed E-state index contributed by atoms with van der Waals surface area (Å²) in [6.07, 6.45) is 4.15. The maximum absolute atomic E-state index is 10.7. The molecule has 1 atom stereocenters. The van der Waals surface area contributed by atoms with Crippen LogP contribution in [0, 0.1) is 0 Å². The van der Waals surface area contributed by atoms with Crippen LogP contribution in [-0.4, -0.2) is 31.4 Å². The number of aldehydes is 1. The maximum Gasteiger partial charge on any atom is 0.150 e. The minimum Gasteiger partial charge on any atom is -0.371 e. The van der Waals surface area contributed by atoms with Crippen molar-refractivity contribution in [2.24, 2.45) is 0 Å². The molecule has 1 aromatic carbocycles. The SMILES string of the molecule is CSCCC(C)N(C)c1ccc(C=O)cc1Br. The molecular formula is C13H18BrNOS. The van der Waals surface area contributed by atoms with E-state index in [0.29, 0.717) is 11.6 Å². The Bertz CT molecular complexity index is 384. The van der Waals surface area contributed by atoms with E-state index in [2.05, 4.69) is 41.1 Å². The van der Waals surface area contributed by atoms with Gasteiger partial charge < -0.3 is 4.90 Å². The number of hydrogen-bond acceptors (Lipinski definition) is 3. The summed E-state index contributed by atoms with van der Waals surface area (Å²) in [5.41, 5.74) is 1.83. The molecule has 0 saturated heterocycles. The van der Waals surface area contributed by atoms with Crippen LogP contribution in [0.15, 0.2) is 22.7 Å². The predicted molar refractivity (Wildman–Crippen MR) is 80.4 cm³/mol. The van der Waals surface area contributed by atoms with Crippen molar-refractivity contribution >= 4 is 39.7 Å². The van der Waals surface area contributed by atoms with Crippen LogP contribution in [0.2, 0.25) is 0 Å². The molecule has 0 aliphatic carbocycles. The topological polar surface area (TPSA) is 20.3 Å². The number of thioether (sulfide) groups is 1. The summed E-state index contributed by atoms with van der Waals surface area (Å²) in [5.74, 6) is 1.16. The predicted octanol–water partition coefficient (Wildman–Crippen LogP) is 3.84. The van der Waals surface area contributed by atoms with E-state index in [1.165, 1.54) is 0 Å². The monoisotopic (exact) mass is 315 g/mol. The first-order chi connectivity index (χ1) is 8.10. The van der Waals surface area contributed by atoms with Crippen molar-refractivity contribution in [3.8, 4) is 0 Å². The fraction of sp³-hybridized carbons (Fsp3) is 0.462. The van der Waals surface area contributed by atoms with E-state index in [1.54, 1.807) is 0 Å². The van der Waals surface area contributed by atoms with Gasteiger partial charge in [-0.2, -0.15) is 11.8 Å². The summed E-state index contributed by atoms with van der Waals surface area (Å²) in [5, 5.41) is 0. The molecule has 1 aromatic rings. The Morgan fingerprint density at radius 3 is 2.76 bits per heavy atom. The first kappa shape index (κ1) is 14.6. The maximum atomic E-state index is 10.7. The molecule has 0 amide bonds. The number of rotatable bonds is 6. The lowest BCUT2D eigenvalue weighted by atomic mass is 10.1. The number of halogens is 1. The van der Waals surface area contributed by atoms with E-state index in [4.69, 9.17) is 0 Å². The number of benzene rings is 1. The molecule has 94 valence electrons. The summed E-state index contributed by atoms with van der Waals surface area (Å²) in [7, 11) is 2.09. The van der Waals surface area contributed by atoms with E-state index in [9.17, 15) is 4.79 Å². The molecule has 0 bridgehead atoms. The number of carbonyl (C=O) groups excluding carboxylic acids is 1. The van der Waals surface area contributed by atoms with Crippen LogP contribution in [0.4, 0.5) is 5.69 Å². The van der Waals surface area contributed by atoms with Gasteiger partial charge in [0.25, 0.3) is 0 Å². The second kappa shape index (κ2) is 7.07. The molecule has 4 heteroatoms. The highest BCUT2D eigenvalue weighted by Gasteiger charge is 2.12. The van der Waals surface area contributed by atoms with Gasteiger partial charge in [-0.1, -0.05) is 0 Å². The normalized spacial score (nSPS) is 12.2. The van der Waals surface area contributed by atoms with E-state index >= 15 is 0 Å². The van der Waals surface area contributed by atoms with Crippen LogP contribution in [0.1, 0.15) is 23.7 Å². The van der Waals surface area contributed by atoms with E-state index in [1.807, 2.05) is 30.0 Å². The first-order valence-electron chi connectivity index (χ1n) is 5.56. The van der Waals surface area contributed by atoms with Gasteiger partial charge in [0, 0.05) is 23.1 Å². The Labute approximate surface area is 116 Å². The lowest BCUT2D eigenvalue weighted by molar-refractivity contribution is 0.112. The van der Waals surface area contributed by atoms with Crippen molar-refractivity contribution in [1.29, 1.82) is 0 Å². The Morgan fingerprint density at radius 1 is 1.53 bits per heavy atom. The molecule has 1 rings (SSSR count). The smallest absolute Gasteiger partial charge is 0.150 e. The Hall–Kier alpha value is -0.480. The van der Waals surface area contributed by atoms with Crippen LogP contribution in [0.3, 0.4) is 0 Å². The van der Waals surface area contributed by atoms with Crippen LogP contribution >= 0.6 is 27.7 Å². The fourth-order valence-electron chi connectivity index (χ4n) is 1.60. The molecule has 1 unspecified atom stereocenters. The molecular weight excluding hydrogens is 298 g/mol. The van der Waals surface area contributed by atoms with Gasteiger partial charge >= 0.3 is 0 Å². The average molecular weight is 316 g/mol. The molecule has 0 aromatic heterocycles. The Balaban J connectivity index is 2.81. The largest absolute Gasteiger partial charge is 0.371 e. The van der Waals surface area contributed by atoms with Crippen LogP contribution in [0.25, 0.3) is 0 Å². The number of anilines is 1. The molecule has 0 fully saturated rings. The van der Waals surface area contributed by atoms with Crippen molar-refractivity contribution < 1.29 is 4.79 Å². The highest BCUT2D eigenvalue weighted by atomic mass is 79.9. The Morgan fingerprint density at radius 2 is 2.24 bits per heavy atom. The quantitative estimate of drug-likeness (QED) is 0.744. The van der Waals surface area contributed by atoms with E-state index in [-0.39, 0.29) is 0 Å². The summed E-state index contributed by atoms with van der Waals surface area (Å²) >= 11 is 5.39. The van der Waals surface area contributed by atoms with Gasteiger partial charge in [0.05, 0.1) is 5.69 Å². The van der Waals surface area contributed by atoms with Crippen molar-refractivity contribution in [1.82, 2.24) is 0 Å². The van der Waals surface area contributed by atoms with Gasteiger partial charge in [-0.15, -0.1) is 0 Å². The highest BCUT2D eigenvalue weighted by Crippen LogP contribution is 2.28. The molecule has 2 nitrogen and oxygen atoms in total. The van der Waals surface area contributed by atoms with Gasteiger partial charge in [0.15, 0.2) is 0 Å². The third kappa shape index (κ3) is 4.03. The van der Waals surface area contributed by atoms with Crippen molar-refractivity contribution in [3.63, 3.8) is 0 Å². The summed E-state index contributed by atoms with van der Waals surface area (Å²) < 4.78 is 0.973. The van der Waals surface area contributed by atoms with E-state index < -0.39 is 0 Å². The number of hydrogen-bond donors (Lipinski definition) is 0. The molecule has 0 heterocycles. The zero-order valence-electron chi connectivity index (χ0n) is 10.4. The second-order valence-corrected chi connectivity index (χ2v) is 5.91. The molecule has 0 radical (unpaired) electrons. The molecule has 0 aliphatic heterocycles. The molecule has 0 saturated carbocycles. The first-order valence-corrected chi connectivity index (χ1v) is 7.75. The minimum absolute atomic E-state index is 0.487. The lowest BCUT2D eigenvalue weighted by Crippen LogP contribution is -2.29. The van der Waals surface area contributed by atoms with Crippen LogP contribution < -0.4 is 4.90 Å². The molecule has 17 heavy (non-hydrogen) atoms. The van der Waals surface area contributed by atoms with Crippen molar-refractivity contribution in [2.75, 3.05) is 24.0 Å². The summed E-state index contributed by atoms with van der Waals surface area (Å²) in [4.78, 5) is 12.9. The van der Waals surface area contributed by atoms with Crippen molar-refractivity contribution in [2.45, 2.75) is 19.4 Å². The van der Waals surface area contributed by atoms with Crippen LogP contribution in [0.5, 0.6) is 0 Å². The Kier molecular flexibility index (Phi) is 6.06. The van der Waals surface area contributed by atoms with Crippen molar-refractivity contribution in [3.05, 3.63) is 28.2 Å². The number of nitrogens with zero attached hydrogens (tertiary/aromatic N) is 1. The molecule has 0 aliphatic rings. The summed E-state index contributed by atoms with van der Waals surface area (Å²) in [6, 6.07) is 6.19. The average Bonchev–Trinajstić information content (AvgIpc) is 2.34. The molecule has 0 spiro atoms. The zero-order valence-corrected chi connectivity index (χ0v) is 12.8. The van der Waals surface area contributed by atoms with Gasteiger partial charge in [-0.25, -0.2) is 0 Å². The second-order valence-electron chi connectivity index (χ2n) is 4.07. The highest BCUT2D eigenvalue weighted by molar-refractivity contribution is 9.10. The van der Waals surface area contributed by atoms with Gasteiger partial charge in [0.1, 0.15) is 6.29 Å². The van der Waals surface area contributed by atoms with Gasteiger partial charge in [0.2, 0.25) is 0 Å². The fourth-order valence-corrected chi connectivity index (χ4v) is 2.85. The summed E-state index contributed by atoms with van der Waals surface area (Å²) in [6.45, 7) is 2.22. The van der Waals surface area contributed by atoms with E-state index in [0.717, 1.165) is 28.6 Å². The molecule has 0 N–H and O–H groups in total. The third-order valence-electron chi connectivity index (χ3n) is 2.89. The third-order valence-corrected chi connectivity index (χ3v) is 4.17. The minimum atomic E-state index is 0.487. The van der Waals surface area contributed by atoms with Gasteiger partial charge in [-0.3, -0.25) is 4.79 Å².